The second-order valence-corrected chi connectivity index (χ2v) is 7.13. The van der Waals surface area contributed by atoms with Crippen LogP contribution in [0.5, 0.6) is 11.5 Å². The first-order chi connectivity index (χ1) is 14.3. The molecule has 29 heavy (non-hydrogen) atoms. The third-order valence-corrected chi connectivity index (χ3v) is 4.73. The van der Waals surface area contributed by atoms with Gasteiger partial charge in [0.25, 0.3) is 5.91 Å². The minimum Gasteiger partial charge on any atom is -0.490 e. The van der Waals surface area contributed by atoms with Crippen molar-refractivity contribution in [2.45, 2.75) is 64.4 Å². The van der Waals surface area contributed by atoms with Gasteiger partial charge in [-0.15, -0.1) is 4.91 Å². The van der Waals surface area contributed by atoms with Gasteiger partial charge in [-0.3, -0.25) is 4.79 Å². The number of unbranched alkanes of at least 4 members (excludes halogenated alkanes) is 7. The number of nitrogens with zero attached hydrogens (tertiary/aromatic N) is 1. The number of benzene rings is 2. The first-order valence-corrected chi connectivity index (χ1v) is 10.5. The fourth-order valence-corrected chi connectivity index (χ4v) is 3.09. The highest BCUT2D eigenvalue weighted by molar-refractivity contribution is 5.76. The van der Waals surface area contributed by atoms with Gasteiger partial charge >= 0.3 is 0 Å². The highest BCUT2D eigenvalue weighted by atomic mass is 16.5. The van der Waals surface area contributed by atoms with Gasteiger partial charge in [0.1, 0.15) is 6.61 Å². The molecule has 0 heterocycles. The molecule has 0 N–H and O–H groups in total. The first kappa shape index (κ1) is 22.6. The maximum Gasteiger partial charge on any atom is 0.286 e. The summed E-state index contributed by atoms with van der Waals surface area (Å²) >= 11 is 0. The van der Waals surface area contributed by atoms with Crippen LogP contribution in [-0.2, 0) is 11.4 Å². The number of hydrogen-bond donors (Lipinski definition) is 0. The molecule has 0 unspecified atom stereocenters. The largest absolute Gasteiger partial charge is 0.490 e. The van der Waals surface area contributed by atoms with Crippen LogP contribution in [0.2, 0.25) is 0 Å². The summed E-state index contributed by atoms with van der Waals surface area (Å²) in [5, 5.41) is 2.41. The van der Waals surface area contributed by atoms with Gasteiger partial charge in [-0.05, 0) is 30.5 Å². The molecule has 0 fully saturated rings. The van der Waals surface area contributed by atoms with Crippen molar-refractivity contribution in [3.05, 3.63) is 65.1 Å². The average molecular weight is 398 g/mol. The topological polar surface area (TPSA) is 65.0 Å². The van der Waals surface area contributed by atoms with Crippen LogP contribution in [0.1, 0.15) is 63.4 Å². The van der Waals surface area contributed by atoms with Gasteiger partial charge in [0, 0.05) is 11.6 Å². The van der Waals surface area contributed by atoms with E-state index in [0.717, 1.165) is 49.2 Å². The minimum absolute atomic E-state index is 0.289. The van der Waals surface area contributed by atoms with Gasteiger partial charge in [0.15, 0.2) is 11.5 Å². The lowest BCUT2D eigenvalue weighted by Crippen LogP contribution is -2.01. The lowest BCUT2D eigenvalue weighted by molar-refractivity contribution is -0.118. The molecule has 0 saturated heterocycles. The molecule has 0 spiro atoms. The standard InChI is InChI=1S/C24H31NO4/c26-24(25-27)18-10-5-3-1-2-4-6-13-19-28-22-16-11-12-17-23(22)29-20-21-14-8-7-9-15-21/h7-9,11-12,14-17H,1-6,10,13,18-20H2. The number of amides is 1. The van der Waals surface area contributed by atoms with Crippen molar-refractivity contribution in [2.24, 2.45) is 5.18 Å². The molecule has 0 aliphatic heterocycles. The summed E-state index contributed by atoms with van der Waals surface area (Å²) in [6.07, 6.45) is 8.86. The Morgan fingerprint density at radius 3 is 1.90 bits per heavy atom. The Kier molecular flexibility index (Phi) is 11.2. The summed E-state index contributed by atoms with van der Waals surface area (Å²) in [5.41, 5.74) is 1.13. The summed E-state index contributed by atoms with van der Waals surface area (Å²) in [7, 11) is 0. The van der Waals surface area contributed by atoms with E-state index >= 15 is 0 Å². The van der Waals surface area contributed by atoms with Crippen LogP contribution in [0, 0.1) is 4.91 Å². The van der Waals surface area contributed by atoms with E-state index in [1.165, 1.54) is 19.3 Å². The monoisotopic (exact) mass is 397 g/mol. The van der Waals surface area contributed by atoms with Crippen molar-refractivity contribution in [3.63, 3.8) is 0 Å². The van der Waals surface area contributed by atoms with Crippen LogP contribution in [0.3, 0.4) is 0 Å². The summed E-state index contributed by atoms with van der Waals surface area (Å²) in [4.78, 5) is 20.8. The third-order valence-electron chi connectivity index (χ3n) is 4.73. The van der Waals surface area contributed by atoms with Gasteiger partial charge in [-0.1, -0.05) is 81.0 Å². The summed E-state index contributed by atoms with van der Waals surface area (Å²) < 4.78 is 11.8. The molecule has 0 saturated carbocycles. The fourth-order valence-electron chi connectivity index (χ4n) is 3.09. The van der Waals surface area contributed by atoms with Gasteiger partial charge in [-0.25, -0.2) is 0 Å². The second kappa shape index (κ2) is 14.3. The maximum atomic E-state index is 10.8. The number of carbonyl (C=O) groups excluding carboxylic acids is 1. The van der Waals surface area contributed by atoms with Crippen LogP contribution in [0.25, 0.3) is 0 Å². The predicted octanol–water partition coefficient (Wildman–Crippen LogP) is 6.45. The molecule has 156 valence electrons. The number of hydrogen-bond acceptors (Lipinski definition) is 4. The highest BCUT2D eigenvalue weighted by Gasteiger charge is 2.05. The molecule has 0 aliphatic rings. The molecule has 2 aromatic rings. The van der Waals surface area contributed by atoms with E-state index in [1.54, 1.807) is 0 Å². The molecule has 2 aromatic carbocycles. The molecular weight excluding hydrogens is 366 g/mol. The van der Waals surface area contributed by atoms with Gasteiger partial charge in [0.2, 0.25) is 0 Å². The van der Waals surface area contributed by atoms with Crippen LogP contribution >= 0.6 is 0 Å². The van der Waals surface area contributed by atoms with Crippen LogP contribution < -0.4 is 9.47 Å². The number of para-hydroxylation sites is 2. The lowest BCUT2D eigenvalue weighted by atomic mass is 10.1. The molecule has 5 nitrogen and oxygen atoms in total. The summed E-state index contributed by atoms with van der Waals surface area (Å²) in [5.74, 6) is 1.04. The third kappa shape index (κ3) is 9.88. The van der Waals surface area contributed by atoms with Crippen LogP contribution in [0.15, 0.2) is 59.8 Å². The number of carbonyl (C=O) groups is 1. The van der Waals surface area contributed by atoms with Gasteiger partial charge < -0.3 is 9.47 Å². The number of ether oxygens (including phenoxy) is 2. The van der Waals surface area contributed by atoms with E-state index < -0.39 is 5.91 Å². The molecule has 1 amide bonds. The Labute approximate surface area is 173 Å². The number of nitroso groups, excluding NO2 is 1. The Balaban J connectivity index is 1.53. The van der Waals surface area contributed by atoms with Crippen molar-refractivity contribution in [1.82, 2.24) is 0 Å². The van der Waals surface area contributed by atoms with Crippen molar-refractivity contribution < 1.29 is 14.3 Å². The zero-order chi connectivity index (χ0) is 20.6. The smallest absolute Gasteiger partial charge is 0.286 e. The predicted molar refractivity (Wildman–Crippen MR) is 115 cm³/mol. The normalized spacial score (nSPS) is 10.5. The van der Waals surface area contributed by atoms with Crippen LogP contribution in [-0.4, -0.2) is 12.5 Å². The molecule has 0 bridgehead atoms. The van der Waals surface area contributed by atoms with Crippen LogP contribution in [0.4, 0.5) is 0 Å². The van der Waals surface area contributed by atoms with E-state index in [1.807, 2.05) is 54.6 Å². The van der Waals surface area contributed by atoms with E-state index in [2.05, 4.69) is 5.18 Å². The second-order valence-electron chi connectivity index (χ2n) is 7.13. The van der Waals surface area contributed by atoms with E-state index in [4.69, 9.17) is 9.47 Å². The molecule has 0 aliphatic carbocycles. The molecular formula is C24H31NO4. The first-order valence-electron chi connectivity index (χ1n) is 10.5. The zero-order valence-corrected chi connectivity index (χ0v) is 17.1. The van der Waals surface area contributed by atoms with E-state index in [0.29, 0.717) is 13.2 Å². The highest BCUT2D eigenvalue weighted by Crippen LogP contribution is 2.27. The molecule has 0 aromatic heterocycles. The van der Waals surface area contributed by atoms with Crippen molar-refractivity contribution in [1.29, 1.82) is 0 Å². The Bertz CT molecular complexity index is 718. The van der Waals surface area contributed by atoms with Gasteiger partial charge in [-0.2, -0.15) is 0 Å². The Morgan fingerprint density at radius 2 is 1.24 bits per heavy atom. The quantitative estimate of drug-likeness (QED) is 0.256. The maximum absolute atomic E-state index is 10.8. The Hall–Kier alpha value is -2.69. The van der Waals surface area contributed by atoms with E-state index in [-0.39, 0.29) is 6.42 Å². The van der Waals surface area contributed by atoms with Crippen molar-refractivity contribution in [2.75, 3.05) is 6.61 Å². The molecule has 0 radical (unpaired) electrons. The molecule has 5 heteroatoms. The van der Waals surface area contributed by atoms with E-state index in [9.17, 15) is 9.70 Å². The zero-order valence-electron chi connectivity index (χ0n) is 17.1. The SMILES string of the molecule is O=NC(=O)CCCCCCCCCCOc1ccccc1OCc1ccccc1. The minimum atomic E-state index is -0.531. The van der Waals surface area contributed by atoms with Crippen molar-refractivity contribution in [3.8, 4) is 11.5 Å². The summed E-state index contributed by atoms with van der Waals surface area (Å²) in [6, 6.07) is 17.9. The average Bonchev–Trinajstić information content (AvgIpc) is 2.77. The lowest BCUT2D eigenvalue weighted by Gasteiger charge is -2.12. The fraction of sp³-hybridized carbons (Fsp3) is 0.458. The molecule has 2 rings (SSSR count). The summed E-state index contributed by atoms with van der Waals surface area (Å²) in [6.45, 7) is 1.22. The molecule has 0 atom stereocenters. The van der Waals surface area contributed by atoms with Gasteiger partial charge in [0.05, 0.1) is 6.61 Å². The van der Waals surface area contributed by atoms with Crippen molar-refractivity contribution >= 4 is 5.91 Å². The Morgan fingerprint density at radius 1 is 0.690 bits per heavy atom. The number of rotatable bonds is 15.